The summed E-state index contributed by atoms with van der Waals surface area (Å²) in [7, 11) is 8.28. The lowest BCUT2D eigenvalue weighted by molar-refractivity contribution is -0.660. The summed E-state index contributed by atoms with van der Waals surface area (Å²) in [6.45, 7) is 8.13. The van der Waals surface area contributed by atoms with E-state index in [-0.39, 0.29) is 5.89 Å². The van der Waals surface area contributed by atoms with E-state index >= 15 is 0 Å². The molecule has 4 atom stereocenters. The zero-order valence-corrected chi connectivity index (χ0v) is 57.7. The summed E-state index contributed by atoms with van der Waals surface area (Å²) in [5.74, 6) is 3.51. The third kappa shape index (κ3) is 13.9. The fourth-order valence-electron chi connectivity index (χ4n) is 15.7. The first-order valence-corrected chi connectivity index (χ1v) is 34.5. The Hall–Kier alpha value is -9.64. The number of hydrogen-bond acceptors (Lipinski definition) is 0. The first kappa shape index (κ1) is 56.7. The van der Waals surface area contributed by atoms with Crippen LogP contribution in [0.25, 0.3) is 89.5 Å². The average molecular weight is 1260 g/mol. The van der Waals surface area contributed by atoms with Gasteiger partial charge in [0.25, 0.3) is 0 Å². The number of nitrogens with zero attached hydrogens (tertiary/aromatic N) is 4. The van der Waals surface area contributed by atoms with Crippen LogP contribution in [0.15, 0.2) is 255 Å². The fourth-order valence-corrected chi connectivity index (χ4v) is 15.7. The van der Waals surface area contributed by atoms with Crippen molar-refractivity contribution in [3.8, 4) is 89.5 Å². The molecule has 4 nitrogen and oxygen atoms in total. The second kappa shape index (κ2) is 28.4. The molecule has 96 heavy (non-hydrogen) atoms. The molecular formula is C92H96N4+4. The van der Waals surface area contributed by atoms with Crippen LogP contribution in [0.2, 0.25) is 0 Å². The second-order valence-electron chi connectivity index (χ2n) is 27.8. The second-order valence-corrected chi connectivity index (χ2v) is 27.8. The van der Waals surface area contributed by atoms with Crippen LogP contribution >= 0.6 is 0 Å². The molecule has 6 aliphatic carbocycles. The normalized spacial score (nSPS) is 19.9. The Balaban J connectivity index is 0.000000122. The number of hydrogen-bond donors (Lipinski definition) is 0. The summed E-state index contributed by atoms with van der Waals surface area (Å²) in [6.07, 6.45) is 16.5. The Kier molecular flexibility index (Phi) is 16.7. The van der Waals surface area contributed by atoms with Crippen molar-refractivity contribution >= 4 is 0 Å². The van der Waals surface area contributed by atoms with Crippen LogP contribution in [0, 0.1) is 78.9 Å². The highest BCUT2D eigenvalue weighted by atomic mass is 14.9. The minimum absolute atomic E-state index is 0.339. The van der Waals surface area contributed by atoms with Gasteiger partial charge in [-0.3, -0.25) is 0 Å². The summed E-state index contributed by atoms with van der Waals surface area (Å²) in [4.78, 5) is 0. The summed E-state index contributed by atoms with van der Waals surface area (Å²) in [5.41, 5.74) is 29.0. The van der Waals surface area contributed by atoms with Crippen molar-refractivity contribution in [1.29, 1.82) is 0 Å². The third-order valence-electron chi connectivity index (χ3n) is 21.2. The molecule has 0 spiro atoms. The molecule has 12 aromatic rings. The number of benzene rings is 8. The molecule has 4 unspecified atom stereocenters. The van der Waals surface area contributed by atoms with Gasteiger partial charge in [0, 0.05) is 80.4 Å². The largest absolute Gasteiger partial charge is 0.213 e. The molecule has 4 heterocycles. The van der Waals surface area contributed by atoms with Gasteiger partial charge in [0.05, 0.1) is 0 Å². The number of fused-ring (bicyclic) bond motifs is 2. The van der Waals surface area contributed by atoms with Crippen LogP contribution in [0.4, 0.5) is 0 Å². The molecule has 6 fully saturated rings. The lowest BCUT2D eigenvalue weighted by Gasteiger charge is -2.36. The molecule has 0 aliphatic heterocycles. The first-order valence-electron chi connectivity index (χ1n) is 38.0. The maximum Gasteiger partial charge on any atom is 0.213 e. The molecule has 8 aromatic carbocycles. The number of aryl methyl sites for hydroxylation is 12. The van der Waals surface area contributed by atoms with E-state index in [1.807, 2.05) is 94.9 Å². The molecule has 6 aliphatic rings. The Labute approximate surface area is 582 Å². The maximum absolute atomic E-state index is 9.07. The first-order chi connectivity index (χ1) is 49.3. The van der Waals surface area contributed by atoms with Gasteiger partial charge in [0.15, 0.2) is 24.8 Å². The third-order valence-corrected chi connectivity index (χ3v) is 21.2. The van der Waals surface area contributed by atoms with Crippen molar-refractivity contribution in [2.24, 2.45) is 51.9 Å². The number of pyridine rings is 4. The standard InChI is InChI=1S/2C25H26N.2C21H22N/c2*1-17-6-3-4-9-23(17)24-16-19(12-13-26(24)2)18-7-5-8-20(14-18)25-21-10-11-22(25)15-21;1-15-11-16(2)13-19(12-15)18-9-10-22(4)21(14-18)20-8-6-5-7-17(20)3;1-15-9-10-18(13-17(15)3)19-11-12-22(4)21(14-19)20-8-6-5-7-16(20)2/h2*3-9,12-14,16,21-22,25H,10-11,15H2,1-2H3;2*5-14H,1-4H3/q4*+1/i25D;;1D3;3D3. The molecule has 0 amide bonds. The topological polar surface area (TPSA) is 15.5 Å². The van der Waals surface area contributed by atoms with E-state index < -0.39 is 13.7 Å². The van der Waals surface area contributed by atoms with Crippen LogP contribution in [0.1, 0.15) is 116 Å². The van der Waals surface area contributed by atoms with Crippen molar-refractivity contribution < 1.29 is 27.9 Å². The van der Waals surface area contributed by atoms with E-state index in [1.165, 1.54) is 122 Å². The predicted molar refractivity (Wildman–Crippen MR) is 399 cm³/mol. The molecule has 0 N–H and O–H groups in total. The molecule has 0 saturated heterocycles. The van der Waals surface area contributed by atoms with Gasteiger partial charge in [-0.2, -0.15) is 0 Å². The Morgan fingerprint density at radius 3 is 1.06 bits per heavy atom. The molecule has 4 heteroatoms. The highest BCUT2D eigenvalue weighted by Gasteiger charge is 2.48. The highest BCUT2D eigenvalue weighted by Crippen LogP contribution is 2.60. The molecule has 0 radical (unpaired) electrons. The van der Waals surface area contributed by atoms with Crippen LogP contribution in [0.3, 0.4) is 0 Å². The summed E-state index contributed by atoms with van der Waals surface area (Å²) in [5, 5.41) is 0. The van der Waals surface area contributed by atoms with Crippen molar-refractivity contribution in [2.75, 3.05) is 0 Å². The minimum atomic E-state index is -2.10. The van der Waals surface area contributed by atoms with E-state index in [0.29, 0.717) is 23.0 Å². The molecule has 480 valence electrons. The van der Waals surface area contributed by atoms with Crippen molar-refractivity contribution in [3.63, 3.8) is 0 Å². The lowest BCUT2D eigenvalue weighted by Crippen LogP contribution is -2.30. The predicted octanol–water partition coefficient (Wildman–Crippen LogP) is 20.9. The van der Waals surface area contributed by atoms with E-state index in [1.54, 1.807) is 23.8 Å². The van der Waals surface area contributed by atoms with Crippen molar-refractivity contribution in [1.82, 2.24) is 0 Å². The van der Waals surface area contributed by atoms with E-state index in [9.17, 15) is 0 Å². The van der Waals surface area contributed by atoms with Crippen molar-refractivity contribution in [2.45, 2.75) is 106 Å². The Morgan fingerprint density at radius 1 is 0.292 bits per heavy atom. The SMILES string of the molecule is Cc1ccccc1-c1cc(-c2cccc(C3C4CCC3C4)c2)cc[n+]1C.[2H]C([2H])([2H])c1cc(-c2cc[n+](C)c(-c3ccccc3C)c2)ccc1C.[2H]C([2H])([2H])c1cc(C)cc(-c2cc[n+](C)c(-c3ccccc3C)c2)c1.[2H]C1(c2cccc(-c3cc[n+](C)c(-c4ccccc4C)c3)c2)C2CCC1C2. The van der Waals surface area contributed by atoms with Gasteiger partial charge in [-0.1, -0.05) is 169 Å². The fraction of sp³-hybridized carbons (Fsp3) is 0.261. The van der Waals surface area contributed by atoms with Crippen molar-refractivity contribution in [3.05, 3.63) is 311 Å². The Morgan fingerprint density at radius 2 is 0.656 bits per heavy atom. The van der Waals surface area contributed by atoms with E-state index in [2.05, 4.69) is 230 Å². The van der Waals surface area contributed by atoms with Gasteiger partial charge < -0.3 is 0 Å². The van der Waals surface area contributed by atoms with Gasteiger partial charge in [0.1, 0.15) is 28.2 Å². The smallest absolute Gasteiger partial charge is 0.201 e. The summed E-state index contributed by atoms with van der Waals surface area (Å²) >= 11 is 0. The molecule has 18 rings (SSSR count). The Bertz CT molecular complexity index is 5090. The van der Waals surface area contributed by atoms with Gasteiger partial charge in [0.2, 0.25) is 22.8 Å². The lowest BCUT2D eigenvalue weighted by atomic mass is 9.68. The summed E-state index contributed by atoms with van der Waals surface area (Å²) < 4.78 is 64.0. The van der Waals surface area contributed by atoms with Gasteiger partial charge >= 0.3 is 0 Å². The van der Waals surface area contributed by atoms with Gasteiger partial charge in [-0.15, -0.1) is 0 Å². The highest BCUT2D eigenvalue weighted by molar-refractivity contribution is 5.75. The molecular weight excluding hydrogens is 1160 g/mol. The molecule has 4 aromatic heterocycles. The maximum atomic E-state index is 9.07. The quantitative estimate of drug-likeness (QED) is 0.121. The van der Waals surface area contributed by atoms with Crippen LogP contribution in [-0.4, -0.2) is 0 Å². The minimum Gasteiger partial charge on any atom is -0.201 e. The van der Waals surface area contributed by atoms with Crippen LogP contribution < -0.4 is 18.3 Å². The van der Waals surface area contributed by atoms with Gasteiger partial charge in [-0.25, -0.2) is 18.3 Å². The van der Waals surface area contributed by atoms with Crippen LogP contribution in [0.5, 0.6) is 0 Å². The summed E-state index contributed by atoms with van der Waals surface area (Å²) in [6, 6.07) is 80.4. The monoisotopic (exact) mass is 1260 g/mol. The average Bonchev–Trinajstić information content (AvgIpc) is 1.58. The van der Waals surface area contributed by atoms with E-state index in [0.717, 1.165) is 62.5 Å². The van der Waals surface area contributed by atoms with Crippen LogP contribution in [-0.2, 0) is 28.2 Å². The zero-order chi connectivity index (χ0) is 72.6. The number of rotatable bonds is 10. The van der Waals surface area contributed by atoms with Gasteiger partial charge in [-0.05, 0) is 243 Å². The molecule has 6 saturated carbocycles. The van der Waals surface area contributed by atoms with E-state index in [4.69, 9.17) is 9.60 Å². The zero-order valence-electron chi connectivity index (χ0n) is 64.7. The number of aromatic nitrogens is 4. The molecule has 4 bridgehead atoms.